The summed E-state index contributed by atoms with van der Waals surface area (Å²) in [5.41, 5.74) is 5.46. The zero-order valence-corrected chi connectivity index (χ0v) is 7.13. The minimum Gasteiger partial charge on any atom is -0.396 e. The van der Waals surface area contributed by atoms with Crippen LogP contribution >= 0.6 is 0 Å². The van der Waals surface area contributed by atoms with Gasteiger partial charge >= 0.3 is 0 Å². The van der Waals surface area contributed by atoms with Crippen LogP contribution in [0, 0.1) is 11.8 Å². The molecule has 0 amide bonds. The van der Waals surface area contributed by atoms with Crippen LogP contribution in [0.15, 0.2) is 0 Å². The summed E-state index contributed by atoms with van der Waals surface area (Å²) >= 11 is 0. The molecule has 1 fully saturated rings. The molecule has 0 radical (unpaired) electrons. The van der Waals surface area contributed by atoms with Crippen molar-refractivity contribution in [3.63, 3.8) is 0 Å². The zero-order valence-electron chi connectivity index (χ0n) is 7.13. The summed E-state index contributed by atoms with van der Waals surface area (Å²) in [5.74, 6) is 1.26. The van der Waals surface area contributed by atoms with Crippen molar-refractivity contribution in [1.29, 1.82) is 0 Å². The number of aliphatic hydroxyl groups excluding tert-OH is 1. The van der Waals surface area contributed by atoms with Crippen LogP contribution in [0.4, 0.5) is 0 Å². The normalized spacial score (nSPS) is 22.4. The van der Waals surface area contributed by atoms with Crippen LogP contribution in [-0.2, 0) is 0 Å². The molecule has 3 N–H and O–H groups in total. The lowest BCUT2D eigenvalue weighted by atomic mass is 9.89. The molecule has 1 atom stereocenters. The van der Waals surface area contributed by atoms with E-state index in [2.05, 4.69) is 0 Å². The second kappa shape index (κ2) is 4.73. The van der Waals surface area contributed by atoms with E-state index in [9.17, 15) is 0 Å². The molecule has 0 aliphatic heterocycles. The van der Waals surface area contributed by atoms with Crippen LogP contribution in [0.25, 0.3) is 0 Å². The molecule has 1 rings (SSSR count). The first-order valence-electron chi connectivity index (χ1n) is 4.69. The standard InChI is InChI=1S/C9H19NO/c10-6-5-9(7-11)8-3-1-2-4-8/h8-9,11H,1-7,10H2. The molecular formula is C9H19NO. The molecule has 1 aliphatic carbocycles. The van der Waals surface area contributed by atoms with Crippen molar-refractivity contribution in [2.75, 3.05) is 13.2 Å². The van der Waals surface area contributed by atoms with Crippen LogP contribution in [0.1, 0.15) is 32.1 Å². The summed E-state index contributed by atoms with van der Waals surface area (Å²) in [4.78, 5) is 0. The van der Waals surface area contributed by atoms with E-state index in [0.29, 0.717) is 12.5 Å². The topological polar surface area (TPSA) is 46.2 Å². The van der Waals surface area contributed by atoms with E-state index in [1.165, 1.54) is 25.7 Å². The Morgan fingerprint density at radius 2 is 2.00 bits per heavy atom. The van der Waals surface area contributed by atoms with Gasteiger partial charge in [-0.15, -0.1) is 0 Å². The van der Waals surface area contributed by atoms with Crippen molar-refractivity contribution in [2.45, 2.75) is 32.1 Å². The maximum atomic E-state index is 9.06. The smallest absolute Gasteiger partial charge is 0.0462 e. The SMILES string of the molecule is NCCC(CO)C1CCCC1. The van der Waals surface area contributed by atoms with E-state index in [4.69, 9.17) is 10.8 Å². The number of aliphatic hydroxyl groups is 1. The highest BCUT2D eigenvalue weighted by Crippen LogP contribution is 2.32. The molecule has 0 aromatic carbocycles. The van der Waals surface area contributed by atoms with Gasteiger partial charge in [-0.3, -0.25) is 0 Å². The fourth-order valence-electron chi connectivity index (χ4n) is 2.12. The second-order valence-electron chi connectivity index (χ2n) is 3.56. The Morgan fingerprint density at radius 3 is 2.45 bits per heavy atom. The third-order valence-corrected chi connectivity index (χ3v) is 2.84. The van der Waals surface area contributed by atoms with Crippen LogP contribution in [0.2, 0.25) is 0 Å². The van der Waals surface area contributed by atoms with E-state index < -0.39 is 0 Å². The lowest BCUT2D eigenvalue weighted by Crippen LogP contribution is -2.19. The van der Waals surface area contributed by atoms with Gasteiger partial charge in [0.2, 0.25) is 0 Å². The maximum Gasteiger partial charge on any atom is 0.0462 e. The monoisotopic (exact) mass is 157 g/mol. The van der Waals surface area contributed by atoms with Gasteiger partial charge < -0.3 is 10.8 Å². The van der Waals surface area contributed by atoms with Crippen LogP contribution < -0.4 is 5.73 Å². The van der Waals surface area contributed by atoms with Gasteiger partial charge in [0, 0.05) is 6.61 Å². The van der Waals surface area contributed by atoms with Crippen molar-refractivity contribution in [2.24, 2.45) is 17.6 Å². The summed E-state index contributed by atoms with van der Waals surface area (Å²) in [6, 6.07) is 0. The Bertz CT molecular complexity index is 99.7. The first-order chi connectivity index (χ1) is 5.38. The Hall–Kier alpha value is -0.0800. The minimum absolute atomic E-state index is 0.335. The third kappa shape index (κ3) is 2.46. The molecule has 0 spiro atoms. The van der Waals surface area contributed by atoms with Gasteiger partial charge in [0.25, 0.3) is 0 Å². The summed E-state index contributed by atoms with van der Waals surface area (Å²) in [5, 5.41) is 9.06. The van der Waals surface area contributed by atoms with Gasteiger partial charge in [-0.1, -0.05) is 25.7 Å². The molecule has 1 aliphatic rings. The molecule has 0 bridgehead atoms. The average Bonchev–Trinajstić information content (AvgIpc) is 2.52. The van der Waals surface area contributed by atoms with E-state index in [-0.39, 0.29) is 0 Å². The van der Waals surface area contributed by atoms with E-state index in [1.807, 2.05) is 0 Å². The van der Waals surface area contributed by atoms with Crippen LogP contribution in [-0.4, -0.2) is 18.3 Å². The number of rotatable bonds is 4. The number of nitrogens with two attached hydrogens (primary N) is 1. The van der Waals surface area contributed by atoms with E-state index in [1.54, 1.807) is 0 Å². The second-order valence-corrected chi connectivity index (χ2v) is 3.56. The molecule has 0 aromatic heterocycles. The minimum atomic E-state index is 0.335. The molecule has 1 saturated carbocycles. The van der Waals surface area contributed by atoms with Gasteiger partial charge in [0.05, 0.1) is 0 Å². The number of hydrogen-bond acceptors (Lipinski definition) is 2. The molecule has 0 heterocycles. The summed E-state index contributed by atoms with van der Waals surface area (Å²) < 4.78 is 0. The summed E-state index contributed by atoms with van der Waals surface area (Å²) in [7, 11) is 0. The molecular weight excluding hydrogens is 138 g/mol. The van der Waals surface area contributed by atoms with Crippen molar-refractivity contribution in [3.8, 4) is 0 Å². The molecule has 66 valence electrons. The molecule has 0 saturated heterocycles. The highest BCUT2D eigenvalue weighted by molar-refractivity contribution is 4.74. The first kappa shape index (κ1) is 9.01. The van der Waals surface area contributed by atoms with Gasteiger partial charge in [-0.25, -0.2) is 0 Å². The molecule has 1 unspecified atom stereocenters. The predicted molar refractivity (Wildman–Crippen MR) is 46.2 cm³/mol. The summed E-state index contributed by atoms with van der Waals surface area (Å²) in [6.07, 6.45) is 6.33. The van der Waals surface area contributed by atoms with Crippen molar-refractivity contribution >= 4 is 0 Å². The van der Waals surface area contributed by atoms with Crippen LogP contribution in [0.5, 0.6) is 0 Å². The first-order valence-corrected chi connectivity index (χ1v) is 4.69. The fourth-order valence-corrected chi connectivity index (χ4v) is 2.12. The Kier molecular flexibility index (Phi) is 3.87. The molecule has 2 nitrogen and oxygen atoms in total. The maximum absolute atomic E-state index is 9.06. The summed E-state index contributed by atoms with van der Waals surface area (Å²) in [6.45, 7) is 1.06. The predicted octanol–water partition coefficient (Wildman–Crippen LogP) is 1.13. The lowest BCUT2D eigenvalue weighted by molar-refractivity contribution is 0.170. The Labute approximate surface area is 68.8 Å². The Morgan fingerprint density at radius 1 is 1.36 bits per heavy atom. The van der Waals surface area contributed by atoms with Crippen molar-refractivity contribution in [3.05, 3.63) is 0 Å². The van der Waals surface area contributed by atoms with Crippen molar-refractivity contribution in [1.82, 2.24) is 0 Å². The molecule has 11 heavy (non-hydrogen) atoms. The highest BCUT2D eigenvalue weighted by atomic mass is 16.3. The van der Waals surface area contributed by atoms with Gasteiger partial charge in [0.1, 0.15) is 0 Å². The van der Waals surface area contributed by atoms with Gasteiger partial charge in [-0.05, 0) is 24.8 Å². The van der Waals surface area contributed by atoms with E-state index in [0.717, 1.165) is 18.9 Å². The molecule has 2 heteroatoms. The van der Waals surface area contributed by atoms with Crippen LogP contribution in [0.3, 0.4) is 0 Å². The fraction of sp³-hybridized carbons (Fsp3) is 1.00. The lowest BCUT2D eigenvalue weighted by Gasteiger charge is -2.19. The third-order valence-electron chi connectivity index (χ3n) is 2.84. The average molecular weight is 157 g/mol. The Balaban J connectivity index is 2.27. The number of hydrogen-bond donors (Lipinski definition) is 2. The molecule has 0 aromatic rings. The van der Waals surface area contributed by atoms with Gasteiger partial charge in [-0.2, -0.15) is 0 Å². The van der Waals surface area contributed by atoms with E-state index >= 15 is 0 Å². The zero-order chi connectivity index (χ0) is 8.10. The highest BCUT2D eigenvalue weighted by Gasteiger charge is 2.23. The largest absolute Gasteiger partial charge is 0.396 e. The quantitative estimate of drug-likeness (QED) is 0.642. The van der Waals surface area contributed by atoms with Crippen molar-refractivity contribution < 1.29 is 5.11 Å². The van der Waals surface area contributed by atoms with Gasteiger partial charge in [0.15, 0.2) is 0 Å².